The number of pyridine rings is 1. The fraction of sp³-hybridized carbons (Fsp3) is 0.250. The number of aromatic nitrogens is 3. The number of carbonyl (C=O) groups excluding carboxylic acids is 1. The molecule has 1 amide bonds. The minimum absolute atomic E-state index is 0.287. The van der Waals surface area contributed by atoms with Crippen molar-refractivity contribution in [3.8, 4) is 5.75 Å². The number of anilines is 1. The Hall–Kier alpha value is -2.37. The van der Waals surface area contributed by atoms with Crippen LogP contribution < -0.4 is 10.1 Å². The fourth-order valence-corrected chi connectivity index (χ4v) is 1.47. The van der Waals surface area contributed by atoms with Crippen LogP contribution >= 0.6 is 0 Å². The minimum atomic E-state index is -0.287. The normalized spacial score (nSPS) is 10.2. The van der Waals surface area contributed by atoms with Crippen LogP contribution in [0.3, 0.4) is 0 Å². The Bertz CT molecular complexity index is 577. The molecule has 6 heteroatoms. The Morgan fingerprint density at radius 2 is 2.28 bits per heavy atom. The number of methoxy groups -OCH3 is 1. The molecule has 94 valence electrons. The smallest absolute Gasteiger partial charge is 0.274 e. The highest BCUT2D eigenvalue weighted by molar-refractivity contribution is 6.03. The zero-order valence-corrected chi connectivity index (χ0v) is 10.5. The van der Waals surface area contributed by atoms with Gasteiger partial charge in [0.2, 0.25) is 0 Å². The third-order valence-electron chi connectivity index (χ3n) is 2.68. The largest absolute Gasteiger partial charge is 0.497 e. The summed E-state index contributed by atoms with van der Waals surface area (Å²) in [5, 5.41) is 6.81. The van der Waals surface area contributed by atoms with Gasteiger partial charge in [0, 0.05) is 19.3 Å². The molecule has 18 heavy (non-hydrogen) atoms. The van der Waals surface area contributed by atoms with Gasteiger partial charge in [-0.25, -0.2) is 0 Å². The number of rotatable bonds is 3. The highest BCUT2D eigenvalue weighted by Crippen LogP contribution is 2.15. The molecule has 0 aromatic carbocycles. The summed E-state index contributed by atoms with van der Waals surface area (Å²) in [7, 11) is 3.36. The first-order valence-corrected chi connectivity index (χ1v) is 5.42. The molecule has 0 unspecified atom stereocenters. The van der Waals surface area contributed by atoms with Gasteiger partial charge in [0.1, 0.15) is 11.4 Å². The number of carbonyl (C=O) groups is 1. The van der Waals surface area contributed by atoms with Crippen molar-refractivity contribution in [2.45, 2.75) is 6.92 Å². The molecule has 0 aliphatic heterocycles. The van der Waals surface area contributed by atoms with E-state index in [4.69, 9.17) is 4.74 Å². The maximum absolute atomic E-state index is 12.0. The van der Waals surface area contributed by atoms with Gasteiger partial charge in [-0.15, -0.1) is 0 Å². The molecule has 2 aromatic rings. The number of nitrogens with one attached hydrogen (secondary N) is 1. The van der Waals surface area contributed by atoms with Crippen molar-refractivity contribution in [2.75, 3.05) is 12.4 Å². The van der Waals surface area contributed by atoms with E-state index in [0.29, 0.717) is 17.1 Å². The summed E-state index contributed by atoms with van der Waals surface area (Å²) >= 11 is 0. The molecule has 0 aliphatic carbocycles. The summed E-state index contributed by atoms with van der Waals surface area (Å²) in [5.41, 5.74) is 1.86. The molecule has 0 fully saturated rings. The average molecular weight is 246 g/mol. The van der Waals surface area contributed by atoms with E-state index in [1.807, 2.05) is 14.0 Å². The van der Waals surface area contributed by atoms with Crippen molar-refractivity contribution in [3.05, 3.63) is 35.9 Å². The predicted molar refractivity (Wildman–Crippen MR) is 66.7 cm³/mol. The number of aryl methyl sites for hydroxylation is 1. The lowest BCUT2D eigenvalue weighted by Crippen LogP contribution is -2.14. The van der Waals surface area contributed by atoms with Gasteiger partial charge in [-0.3, -0.25) is 14.5 Å². The second-order valence-corrected chi connectivity index (χ2v) is 3.80. The Balaban J connectivity index is 2.19. The Kier molecular flexibility index (Phi) is 3.27. The lowest BCUT2D eigenvalue weighted by atomic mass is 10.3. The van der Waals surface area contributed by atoms with Crippen molar-refractivity contribution in [3.63, 3.8) is 0 Å². The molecule has 2 heterocycles. The molecular formula is C12H14N4O2. The summed E-state index contributed by atoms with van der Waals surface area (Å²) in [6.07, 6.45) is 3.14. The van der Waals surface area contributed by atoms with Crippen LogP contribution in [-0.4, -0.2) is 27.8 Å². The lowest BCUT2D eigenvalue weighted by molar-refractivity contribution is 0.102. The second kappa shape index (κ2) is 4.87. The number of ether oxygens (including phenoxy) is 1. The van der Waals surface area contributed by atoms with E-state index in [9.17, 15) is 4.79 Å². The van der Waals surface area contributed by atoms with Gasteiger partial charge in [0.15, 0.2) is 0 Å². The Morgan fingerprint density at radius 1 is 1.50 bits per heavy atom. The number of hydrogen-bond donors (Lipinski definition) is 1. The quantitative estimate of drug-likeness (QED) is 0.888. The van der Waals surface area contributed by atoms with Crippen molar-refractivity contribution >= 4 is 11.6 Å². The first kappa shape index (κ1) is 12.1. The van der Waals surface area contributed by atoms with Crippen LogP contribution in [0.4, 0.5) is 5.69 Å². The van der Waals surface area contributed by atoms with E-state index < -0.39 is 0 Å². The van der Waals surface area contributed by atoms with Crippen molar-refractivity contribution in [1.82, 2.24) is 14.8 Å². The summed E-state index contributed by atoms with van der Waals surface area (Å²) in [6.45, 7) is 1.88. The van der Waals surface area contributed by atoms with Gasteiger partial charge in [0.25, 0.3) is 5.91 Å². The molecule has 2 rings (SSSR count). The second-order valence-electron chi connectivity index (χ2n) is 3.80. The van der Waals surface area contributed by atoms with Crippen molar-refractivity contribution in [2.24, 2.45) is 7.05 Å². The summed E-state index contributed by atoms with van der Waals surface area (Å²) < 4.78 is 6.74. The molecule has 0 radical (unpaired) electrons. The number of nitrogens with zero attached hydrogens (tertiary/aromatic N) is 3. The maximum atomic E-state index is 12.0. The van der Waals surface area contributed by atoms with Crippen LogP contribution in [0.2, 0.25) is 0 Å². The van der Waals surface area contributed by atoms with E-state index in [1.165, 1.54) is 6.20 Å². The standard InChI is InChI=1S/C12H14N4O2/c1-8-11(7-14-16(8)2)15-12(17)10-6-9(18-3)4-5-13-10/h4-7H,1-3H3,(H,15,17). The van der Waals surface area contributed by atoms with Gasteiger partial charge in [-0.2, -0.15) is 5.10 Å². The van der Waals surface area contributed by atoms with E-state index in [0.717, 1.165) is 5.69 Å². The average Bonchev–Trinajstić information content (AvgIpc) is 2.71. The maximum Gasteiger partial charge on any atom is 0.274 e. The molecule has 0 saturated carbocycles. The summed E-state index contributed by atoms with van der Waals surface area (Å²) in [4.78, 5) is 16.0. The molecule has 0 saturated heterocycles. The van der Waals surface area contributed by atoms with Crippen LogP contribution in [0, 0.1) is 6.92 Å². The number of hydrogen-bond acceptors (Lipinski definition) is 4. The highest BCUT2D eigenvalue weighted by atomic mass is 16.5. The predicted octanol–water partition coefficient (Wildman–Crippen LogP) is 1.38. The first-order valence-electron chi connectivity index (χ1n) is 5.42. The minimum Gasteiger partial charge on any atom is -0.497 e. The van der Waals surface area contributed by atoms with Gasteiger partial charge in [0.05, 0.1) is 24.7 Å². The van der Waals surface area contributed by atoms with Crippen LogP contribution in [-0.2, 0) is 7.05 Å². The van der Waals surface area contributed by atoms with Crippen LogP contribution in [0.1, 0.15) is 16.2 Å². The lowest BCUT2D eigenvalue weighted by Gasteiger charge is -2.05. The van der Waals surface area contributed by atoms with Crippen molar-refractivity contribution < 1.29 is 9.53 Å². The van der Waals surface area contributed by atoms with Crippen LogP contribution in [0.25, 0.3) is 0 Å². The number of amides is 1. The van der Waals surface area contributed by atoms with E-state index >= 15 is 0 Å². The highest BCUT2D eigenvalue weighted by Gasteiger charge is 2.11. The fourth-order valence-electron chi connectivity index (χ4n) is 1.47. The van der Waals surface area contributed by atoms with Gasteiger partial charge in [-0.05, 0) is 13.0 Å². The molecular weight excluding hydrogens is 232 g/mol. The summed E-state index contributed by atoms with van der Waals surface area (Å²) in [6, 6.07) is 3.27. The first-order chi connectivity index (χ1) is 8.61. The van der Waals surface area contributed by atoms with E-state index in [-0.39, 0.29) is 5.91 Å². The zero-order chi connectivity index (χ0) is 13.1. The van der Waals surface area contributed by atoms with E-state index in [1.54, 1.807) is 30.1 Å². The van der Waals surface area contributed by atoms with Gasteiger partial charge < -0.3 is 10.1 Å². The Labute approximate surface area is 105 Å². The van der Waals surface area contributed by atoms with Gasteiger partial charge >= 0.3 is 0 Å². The topological polar surface area (TPSA) is 69.0 Å². The third-order valence-corrected chi connectivity index (χ3v) is 2.68. The zero-order valence-electron chi connectivity index (χ0n) is 10.5. The molecule has 1 N–H and O–H groups in total. The van der Waals surface area contributed by atoms with Crippen LogP contribution in [0.15, 0.2) is 24.5 Å². The van der Waals surface area contributed by atoms with Crippen LogP contribution in [0.5, 0.6) is 5.75 Å². The molecule has 0 spiro atoms. The SMILES string of the molecule is COc1ccnc(C(=O)Nc2cnn(C)c2C)c1. The summed E-state index contributed by atoms with van der Waals surface area (Å²) in [5.74, 6) is 0.308. The molecule has 6 nitrogen and oxygen atoms in total. The molecule has 0 atom stereocenters. The Morgan fingerprint density at radius 3 is 2.89 bits per heavy atom. The molecule has 2 aromatic heterocycles. The van der Waals surface area contributed by atoms with Crippen molar-refractivity contribution in [1.29, 1.82) is 0 Å². The monoisotopic (exact) mass is 246 g/mol. The molecule has 0 bridgehead atoms. The van der Waals surface area contributed by atoms with Gasteiger partial charge in [-0.1, -0.05) is 0 Å². The third kappa shape index (κ3) is 2.32. The molecule has 0 aliphatic rings. The van der Waals surface area contributed by atoms with E-state index in [2.05, 4.69) is 15.4 Å².